The van der Waals surface area contributed by atoms with E-state index in [2.05, 4.69) is 0 Å². The van der Waals surface area contributed by atoms with Gasteiger partial charge >= 0.3 is 21.7 Å². The predicted octanol–water partition coefficient (Wildman–Crippen LogP) is 2.00. The van der Waals surface area contributed by atoms with Crippen LogP contribution >= 0.6 is 0 Å². The third kappa shape index (κ3) is 3.64. The molecule has 1 aromatic carbocycles. The fourth-order valence-electron chi connectivity index (χ4n) is 1.80. The number of unbranched alkanes of at least 4 members (excludes halogenated alkanes) is 1. The molecule has 1 aromatic heterocycles. The number of fused-ring (bicyclic) bond motifs is 1. The number of carboxylic acids is 1. The van der Waals surface area contributed by atoms with Crippen LogP contribution in [0.5, 0.6) is 5.75 Å². The first-order valence-corrected chi connectivity index (χ1v) is 8.13. The Kier molecular flexibility index (Phi) is 4.51. The minimum absolute atomic E-state index is 0.00910. The van der Waals surface area contributed by atoms with Crippen molar-refractivity contribution in [2.24, 2.45) is 0 Å². The van der Waals surface area contributed by atoms with Gasteiger partial charge in [-0.25, -0.2) is 9.59 Å². The Morgan fingerprint density at radius 1 is 1.32 bits per heavy atom. The molecule has 0 spiro atoms. The molecule has 2 aromatic rings. The van der Waals surface area contributed by atoms with Gasteiger partial charge in [-0.15, -0.1) is 0 Å². The van der Waals surface area contributed by atoms with Gasteiger partial charge in [-0.2, -0.15) is 8.42 Å². The predicted molar refractivity (Wildman–Crippen MR) is 78.8 cm³/mol. The Morgan fingerprint density at radius 2 is 2.05 bits per heavy atom. The van der Waals surface area contributed by atoms with E-state index in [0.717, 1.165) is 0 Å². The molecule has 0 saturated heterocycles. The van der Waals surface area contributed by atoms with Crippen LogP contribution in [-0.4, -0.2) is 25.2 Å². The van der Waals surface area contributed by atoms with Gasteiger partial charge in [0.1, 0.15) is 16.9 Å². The second kappa shape index (κ2) is 6.18. The normalized spacial score (nSPS) is 11.5. The number of benzene rings is 1. The van der Waals surface area contributed by atoms with Crippen molar-refractivity contribution in [1.29, 1.82) is 0 Å². The molecular weight excluding hydrogens is 312 g/mol. The zero-order valence-corrected chi connectivity index (χ0v) is 12.6. The van der Waals surface area contributed by atoms with Crippen LogP contribution in [0.4, 0.5) is 0 Å². The largest absolute Gasteiger partial charge is 0.477 e. The van der Waals surface area contributed by atoms with Gasteiger partial charge in [0.25, 0.3) is 0 Å². The highest BCUT2D eigenvalue weighted by atomic mass is 32.2. The van der Waals surface area contributed by atoms with Crippen LogP contribution in [0.3, 0.4) is 0 Å². The topological polar surface area (TPSA) is 111 Å². The van der Waals surface area contributed by atoms with Gasteiger partial charge in [0.15, 0.2) is 0 Å². The lowest BCUT2D eigenvalue weighted by atomic mass is 10.2. The Morgan fingerprint density at radius 3 is 2.68 bits per heavy atom. The van der Waals surface area contributed by atoms with Crippen molar-refractivity contribution in [3.8, 4) is 5.75 Å². The molecular formula is C14H14O7S. The SMILES string of the molecule is CCCCS(=O)(=O)Oc1ccc2cc(C(=O)O)c(=O)oc2c1. The summed E-state index contributed by atoms with van der Waals surface area (Å²) < 4.78 is 33.2. The molecule has 0 radical (unpaired) electrons. The van der Waals surface area contributed by atoms with E-state index in [1.807, 2.05) is 6.92 Å². The standard InChI is InChI=1S/C14H14O7S/c1-2-3-6-22(18,19)21-10-5-4-9-7-11(13(15)16)14(17)20-12(9)8-10/h4-5,7-8H,2-3,6H2,1H3,(H,15,16). The van der Waals surface area contributed by atoms with Gasteiger partial charge in [-0.3, -0.25) is 0 Å². The number of carbonyl (C=O) groups is 1. The monoisotopic (exact) mass is 326 g/mol. The van der Waals surface area contributed by atoms with Gasteiger partial charge in [0.2, 0.25) is 0 Å². The highest BCUT2D eigenvalue weighted by Crippen LogP contribution is 2.22. The Hall–Kier alpha value is -2.35. The summed E-state index contributed by atoms with van der Waals surface area (Å²) in [6, 6.07) is 5.21. The molecule has 2 rings (SSSR count). The summed E-state index contributed by atoms with van der Waals surface area (Å²) in [4.78, 5) is 22.4. The first-order valence-electron chi connectivity index (χ1n) is 6.56. The molecule has 1 N–H and O–H groups in total. The van der Waals surface area contributed by atoms with Gasteiger partial charge < -0.3 is 13.7 Å². The minimum atomic E-state index is -3.71. The second-order valence-corrected chi connectivity index (χ2v) is 6.34. The summed E-state index contributed by atoms with van der Waals surface area (Å²) >= 11 is 0. The van der Waals surface area contributed by atoms with E-state index in [4.69, 9.17) is 13.7 Å². The van der Waals surface area contributed by atoms with Crippen LogP contribution in [-0.2, 0) is 10.1 Å². The van der Waals surface area contributed by atoms with Gasteiger partial charge in [-0.05, 0) is 24.6 Å². The third-order valence-electron chi connectivity index (χ3n) is 2.91. The lowest BCUT2D eigenvalue weighted by Gasteiger charge is -2.07. The molecule has 22 heavy (non-hydrogen) atoms. The number of carboxylic acid groups (broad SMARTS) is 1. The van der Waals surface area contributed by atoms with Crippen LogP contribution in [0, 0.1) is 0 Å². The molecule has 0 aliphatic carbocycles. The smallest absolute Gasteiger partial charge is 0.351 e. The molecule has 1 heterocycles. The van der Waals surface area contributed by atoms with Crippen LogP contribution < -0.4 is 9.81 Å². The van der Waals surface area contributed by atoms with Crippen LogP contribution in [0.1, 0.15) is 30.1 Å². The Labute approximate surface area is 126 Å². The first-order chi connectivity index (χ1) is 10.3. The molecule has 7 nitrogen and oxygen atoms in total. The van der Waals surface area contributed by atoms with Crippen molar-refractivity contribution in [2.45, 2.75) is 19.8 Å². The maximum absolute atomic E-state index is 11.7. The molecule has 0 unspecified atom stereocenters. The van der Waals surface area contributed by atoms with Crippen LogP contribution in [0.25, 0.3) is 11.0 Å². The van der Waals surface area contributed by atoms with E-state index in [1.165, 1.54) is 24.3 Å². The summed E-state index contributed by atoms with van der Waals surface area (Å²) in [5, 5.41) is 9.21. The zero-order chi connectivity index (χ0) is 16.3. The quantitative estimate of drug-likeness (QED) is 0.638. The number of aromatic carboxylic acids is 1. The van der Waals surface area contributed by atoms with Crippen molar-refractivity contribution in [2.75, 3.05) is 5.75 Å². The van der Waals surface area contributed by atoms with Crippen LogP contribution in [0.2, 0.25) is 0 Å². The second-order valence-electron chi connectivity index (χ2n) is 4.65. The maximum Gasteiger partial charge on any atom is 0.351 e. The van der Waals surface area contributed by atoms with E-state index in [9.17, 15) is 18.0 Å². The fraction of sp³-hybridized carbons (Fsp3) is 0.286. The summed E-state index contributed by atoms with van der Waals surface area (Å²) in [6.07, 6.45) is 1.19. The molecule has 0 amide bonds. The third-order valence-corrected chi connectivity index (χ3v) is 4.14. The highest BCUT2D eigenvalue weighted by molar-refractivity contribution is 7.87. The van der Waals surface area contributed by atoms with E-state index in [0.29, 0.717) is 18.2 Å². The molecule has 0 saturated carbocycles. The molecule has 0 atom stereocenters. The van der Waals surface area contributed by atoms with Crippen molar-refractivity contribution < 1.29 is 26.9 Å². The lowest BCUT2D eigenvalue weighted by Crippen LogP contribution is -2.14. The summed E-state index contributed by atoms with van der Waals surface area (Å²) in [7, 11) is -3.71. The lowest BCUT2D eigenvalue weighted by molar-refractivity contribution is 0.0692. The van der Waals surface area contributed by atoms with Crippen molar-refractivity contribution in [3.05, 3.63) is 40.2 Å². The van der Waals surface area contributed by atoms with E-state index in [1.54, 1.807) is 0 Å². The van der Waals surface area contributed by atoms with E-state index in [-0.39, 0.29) is 17.1 Å². The first kappa shape index (κ1) is 16.0. The van der Waals surface area contributed by atoms with Crippen molar-refractivity contribution >= 4 is 27.1 Å². The van der Waals surface area contributed by atoms with Gasteiger partial charge in [0, 0.05) is 11.5 Å². The average Bonchev–Trinajstić information content (AvgIpc) is 2.43. The van der Waals surface area contributed by atoms with E-state index >= 15 is 0 Å². The van der Waals surface area contributed by atoms with Gasteiger partial charge in [0.05, 0.1) is 5.75 Å². The molecule has 0 fully saturated rings. The summed E-state index contributed by atoms with van der Waals surface area (Å²) in [5.41, 5.74) is -1.44. The fourth-order valence-corrected chi connectivity index (χ4v) is 2.92. The summed E-state index contributed by atoms with van der Waals surface area (Å²) in [6.45, 7) is 1.86. The molecule has 0 aliphatic heterocycles. The maximum atomic E-state index is 11.7. The van der Waals surface area contributed by atoms with Crippen LogP contribution in [0.15, 0.2) is 33.5 Å². The average molecular weight is 326 g/mol. The zero-order valence-electron chi connectivity index (χ0n) is 11.7. The highest BCUT2D eigenvalue weighted by Gasteiger charge is 2.15. The number of rotatable bonds is 6. The Bertz CT molecular complexity index is 864. The van der Waals surface area contributed by atoms with Crippen molar-refractivity contribution in [1.82, 2.24) is 0 Å². The number of hydrogen-bond acceptors (Lipinski definition) is 6. The Balaban J connectivity index is 2.37. The van der Waals surface area contributed by atoms with E-state index < -0.39 is 27.3 Å². The molecule has 0 bridgehead atoms. The molecule has 8 heteroatoms. The van der Waals surface area contributed by atoms with Crippen molar-refractivity contribution in [3.63, 3.8) is 0 Å². The molecule has 0 aliphatic rings. The number of hydrogen-bond donors (Lipinski definition) is 1. The minimum Gasteiger partial charge on any atom is -0.477 e. The molecule has 118 valence electrons. The summed E-state index contributed by atoms with van der Waals surface area (Å²) in [5.74, 6) is -1.49. The van der Waals surface area contributed by atoms with Gasteiger partial charge in [-0.1, -0.05) is 13.3 Å².